The predicted molar refractivity (Wildman–Crippen MR) is 99.3 cm³/mol. The molecule has 0 unspecified atom stereocenters. The van der Waals surface area contributed by atoms with Gasteiger partial charge in [-0.15, -0.1) is 0 Å². The van der Waals surface area contributed by atoms with Crippen molar-refractivity contribution in [1.82, 2.24) is 4.98 Å². The maximum atomic E-state index is 14.0. The highest BCUT2D eigenvalue weighted by atomic mass is 19.1. The molecule has 0 amide bonds. The van der Waals surface area contributed by atoms with E-state index in [-0.39, 0.29) is 17.5 Å². The lowest BCUT2D eigenvalue weighted by Gasteiger charge is -2.28. The Morgan fingerprint density at radius 2 is 1.71 bits per heavy atom. The molecule has 0 radical (unpaired) electrons. The topological polar surface area (TPSA) is 74.3 Å². The molecule has 1 aliphatic heterocycles. The Hall–Kier alpha value is -3.44. The van der Waals surface area contributed by atoms with E-state index in [1.807, 2.05) is 30.3 Å². The summed E-state index contributed by atoms with van der Waals surface area (Å²) in [6, 6.07) is 12.9. The first kappa shape index (κ1) is 17.9. The number of ether oxygens (including phenoxy) is 1. The van der Waals surface area contributed by atoms with Gasteiger partial charge in [0.05, 0.1) is 13.2 Å². The van der Waals surface area contributed by atoms with E-state index in [1.165, 1.54) is 6.07 Å². The standard InChI is InChI=1S/C20H16F2N4O2/c21-15-2-1-3-16(22)18(15)20-25-17(12-23)19(28-20)24-13-4-6-14(7-5-13)26-8-10-27-11-9-26/h1-7,24H,8-11H2. The molecule has 2 aromatic carbocycles. The quantitative estimate of drug-likeness (QED) is 0.733. The molecule has 142 valence electrons. The molecule has 28 heavy (non-hydrogen) atoms. The molecule has 8 heteroatoms. The summed E-state index contributed by atoms with van der Waals surface area (Å²) in [6.07, 6.45) is 0. The van der Waals surface area contributed by atoms with Gasteiger partial charge in [0, 0.05) is 24.5 Å². The van der Waals surface area contributed by atoms with Gasteiger partial charge in [-0.2, -0.15) is 10.2 Å². The molecule has 4 rings (SSSR count). The molecule has 1 N–H and O–H groups in total. The third-order valence-electron chi connectivity index (χ3n) is 4.41. The number of hydrogen-bond acceptors (Lipinski definition) is 6. The number of oxazole rings is 1. The number of aromatic nitrogens is 1. The van der Waals surface area contributed by atoms with Crippen molar-refractivity contribution in [3.63, 3.8) is 0 Å². The fourth-order valence-electron chi connectivity index (χ4n) is 3.00. The van der Waals surface area contributed by atoms with Crippen LogP contribution in [0.1, 0.15) is 5.69 Å². The molecule has 1 aromatic heterocycles. The average Bonchev–Trinajstić information content (AvgIpc) is 3.11. The van der Waals surface area contributed by atoms with Gasteiger partial charge in [-0.05, 0) is 36.4 Å². The number of nitriles is 1. The van der Waals surface area contributed by atoms with Crippen LogP contribution in [0.2, 0.25) is 0 Å². The first-order valence-corrected chi connectivity index (χ1v) is 8.71. The van der Waals surface area contributed by atoms with Crippen LogP contribution in [0.3, 0.4) is 0 Å². The summed E-state index contributed by atoms with van der Waals surface area (Å²) in [6.45, 7) is 3.04. The molecule has 1 fully saturated rings. The Balaban J connectivity index is 1.58. The minimum atomic E-state index is -0.813. The summed E-state index contributed by atoms with van der Waals surface area (Å²) in [5.41, 5.74) is 1.22. The third kappa shape index (κ3) is 3.52. The minimum absolute atomic E-state index is 0.0271. The lowest BCUT2D eigenvalue weighted by molar-refractivity contribution is 0.122. The Morgan fingerprint density at radius 1 is 1.04 bits per heavy atom. The van der Waals surface area contributed by atoms with E-state index in [2.05, 4.69) is 15.2 Å². The summed E-state index contributed by atoms with van der Waals surface area (Å²) in [5, 5.41) is 12.2. The van der Waals surface area contributed by atoms with Crippen LogP contribution < -0.4 is 10.2 Å². The predicted octanol–water partition coefficient (Wildman–Crippen LogP) is 4.07. The Labute approximate surface area is 160 Å². The van der Waals surface area contributed by atoms with Crippen LogP contribution in [-0.4, -0.2) is 31.3 Å². The van der Waals surface area contributed by atoms with Crippen molar-refractivity contribution >= 4 is 17.3 Å². The summed E-state index contributed by atoms with van der Waals surface area (Å²) in [5.74, 6) is -1.89. The highest BCUT2D eigenvalue weighted by Gasteiger charge is 2.21. The maximum absolute atomic E-state index is 14.0. The second-order valence-corrected chi connectivity index (χ2v) is 6.18. The molecule has 0 saturated carbocycles. The monoisotopic (exact) mass is 382 g/mol. The van der Waals surface area contributed by atoms with Crippen molar-refractivity contribution in [3.05, 3.63) is 59.8 Å². The first-order chi connectivity index (χ1) is 13.7. The summed E-state index contributed by atoms with van der Waals surface area (Å²) >= 11 is 0. The van der Waals surface area contributed by atoms with Crippen molar-refractivity contribution in [2.24, 2.45) is 0 Å². The third-order valence-corrected chi connectivity index (χ3v) is 4.41. The van der Waals surface area contributed by atoms with Crippen LogP contribution in [-0.2, 0) is 4.74 Å². The van der Waals surface area contributed by atoms with Crippen LogP contribution in [0, 0.1) is 23.0 Å². The smallest absolute Gasteiger partial charge is 0.236 e. The highest BCUT2D eigenvalue weighted by molar-refractivity contribution is 5.66. The number of nitrogens with zero attached hydrogens (tertiary/aromatic N) is 3. The Morgan fingerprint density at radius 3 is 2.36 bits per heavy atom. The zero-order valence-electron chi connectivity index (χ0n) is 14.8. The van der Waals surface area contributed by atoms with Crippen LogP contribution >= 0.6 is 0 Å². The number of morpholine rings is 1. The number of hydrogen-bond donors (Lipinski definition) is 1. The van der Waals surface area contributed by atoms with Crippen LogP contribution in [0.25, 0.3) is 11.5 Å². The van der Waals surface area contributed by atoms with E-state index in [0.29, 0.717) is 18.9 Å². The van der Waals surface area contributed by atoms with Gasteiger partial charge in [0.25, 0.3) is 0 Å². The van der Waals surface area contributed by atoms with Crippen LogP contribution in [0.15, 0.2) is 46.9 Å². The lowest BCUT2D eigenvalue weighted by atomic mass is 10.2. The van der Waals surface area contributed by atoms with Gasteiger partial charge in [0.15, 0.2) is 0 Å². The molecule has 1 aliphatic rings. The number of nitrogens with one attached hydrogen (secondary N) is 1. The molecule has 0 aliphatic carbocycles. The number of halogens is 2. The van der Waals surface area contributed by atoms with Crippen molar-refractivity contribution in [3.8, 4) is 17.5 Å². The molecule has 1 saturated heterocycles. The number of anilines is 3. The van der Waals surface area contributed by atoms with Crippen molar-refractivity contribution < 1.29 is 17.9 Å². The lowest BCUT2D eigenvalue weighted by Crippen LogP contribution is -2.36. The maximum Gasteiger partial charge on any atom is 0.236 e. The van der Waals surface area contributed by atoms with E-state index < -0.39 is 17.2 Å². The van der Waals surface area contributed by atoms with Crippen molar-refractivity contribution in [1.29, 1.82) is 5.26 Å². The van der Waals surface area contributed by atoms with Crippen LogP contribution in [0.4, 0.5) is 26.0 Å². The van der Waals surface area contributed by atoms with Crippen molar-refractivity contribution in [2.45, 2.75) is 0 Å². The molecular weight excluding hydrogens is 366 g/mol. The van der Waals surface area contributed by atoms with Gasteiger partial charge in [0.1, 0.15) is 23.3 Å². The van der Waals surface area contributed by atoms with Gasteiger partial charge in [-0.3, -0.25) is 0 Å². The van der Waals surface area contributed by atoms with Gasteiger partial charge in [0.2, 0.25) is 17.5 Å². The van der Waals surface area contributed by atoms with Crippen molar-refractivity contribution in [2.75, 3.05) is 36.5 Å². The molecule has 6 nitrogen and oxygen atoms in total. The van der Waals surface area contributed by atoms with Crippen LogP contribution in [0.5, 0.6) is 0 Å². The Kier molecular flexibility index (Phi) is 4.91. The Bertz CT molecular complexity index is 1000. The molecule has 0 spiro atoms. The highest BCUT2D eigenvalue weighted by Crippen LogP contribution is 2.31. The average molecular weight is 382 g/mol. The molecule has 0 atom stereocenters. The van der Waals surface area contributed by atoms with Gasteiger partial charge >= 0.3 is 0 Å². The summed E-state index contributed by atoms with van der Waals surface area (Å²) < 4.78 is 38.7. The molecule has 0 bridgehead atoms. The molecule has 3 aromatic rings. The summed E-state index contributed by atoms with van der Waals surface area (Å²) in [4.78, 5) is 6.13. The normalized spacial score (nSPS) is 14.0. The van der Waals surface area contributed by atoms with Gasteiger partial charge in [-0.25, -0.2) is 8.78 Å². The first-order valence-electron chi connectivity index (χ1n) is 8.71. The second kappa shape index (κ2) is 7.66. The van der Waals surface area contributed by atoms with E-state index in [0.717, 1.165) is 30.9 Å². The van der Waals surface area contributed by atoms with Gasteiger partial charge in [-0.1, -0.05) is 6.07 Å². The van der Waals surface area contributed by atoms with E-state index in [9.17, 15) is 14.0 Å². The molecule has 2 heterocycles. The van der Waals surface area contributed by atoms with E-state index in [4.69, 9.17) is 9.15 Å². The fourth-order valence-corrected chi connectivity index (χ4v) is 3.00. The SMILES string of the molecule is N#Cc1nc(-c2c(F)cccc2F)oc1Nc1ccc(N2CCOCC2)cc1. The fraction of sp³-hybridized carbons (Fsp3) is 0.200. The zero-order valence-corrected chi connectivity index (χ0v) is 14.8. The minimum Gasteiger partial charge on any atom is -0.419 e. The van der Waals surface area contributed by atoms with Gasteiger partial charge < -0.3 is 19.4 Å². The molecular formula is C20H16F2N4O2. The number of benzene rings is 2. The van der Waals surface area contributed by atoms with E-state index >= 15 is 0 Å². The second-order valence-electron chi connectivity index (χ2n) is 6.18. The number of rotatable bonds is 4. The zero-order chi connectivity index (χ0) is 19.5. The summed E-state index contributed by atoms with van der Waals surface area (Å²) in [7, 11) is 0. The van der Waals surface area contributed by atoms with E-state index in [1.54, 1.807) is 0 Å². The largest absolute Gasteiger partial charge is 0.419 e.